The fourth-order valence-electron chi connectivity index (χ4n) is 5.18. The lowest BCUT2D eigenvalue weighted by molar-refractivity contribution is -0.259. The molecule has 0 aromatic heterocycles. The molecule has 3 rings (SSSR count). The minimum absolute atomic E-state index is 0.233. The van der Waals surface area contributed by atoms with Crippen molar-refractivity contribution in [3.05, 3.63) is 0 Å². The summed E-state index contributed by atoms with van der Waals surface area (Å²) >= 11 is 0. The Morgan fingerprint density at radius 1 is 1.05 bits per heavy atom. The number of hydrogen-bond acceptors (Lipinski definition) is 11. The van der Waals surface area contributed by atoms with E-state index in [-0.39, 0.29) is 12.3 Å². The van der Waals surface area contributed by atoms with Crippen LogP contribution in [0, 0.1) is 29.6 Å². The summed E-state index contributed by atoms with van der Waals surface area (Å²) in [6.07, 6.45) is -15.6. The van der Waals surface area contributed by atoms with Gasteiger partial charge in [0.15, 0.2) is 0 Å². The quantitative estimate of drug-likeness (QED) is 0.120. The first-order valence-corrected chi connectivity index (χ1v) is 13.0. The van der Waals surface area contributed by atoms with Crippen LogP contribution in [-0.4, -0.2) is 80.0 Å². The SMILES string of the molecule is COC(OC(=O)C1C2CC3C(OC(=O)C31)C2OC(=O)CCC(=O)OC(C(F)(F)F)C(F)(F)S(=O)(=O)O)C(C)C. The lowest BCUT2D eigenvalue weighted by Crippen LogP contribution is -2.52. The second-order valence-corrected chi connectivity index (χ2v) is 11.2. The van der Waals surface area contributed by atoms with Crippen molar-refractivity contribution in [3.8, 4) is 0 Å². The lowest BCUT2D eigenvalue weighted by Gasteiger charge is -2.31. The van der Waals surface area contributed by atoms with E-state index in [0.29, 0.717) is 0 Å². The number of alkyl halides is 5. The van der Waals surface area contributed by atoms with Crippen LogP contribution in [0.4, 0.5) is 22.0 Å². The molecule has 1 N–H and O–H groups in total. The molecule has 1 aliphatic heterocycles. The van der Waals surface area contributed by atoms with E-state index in [2.05, 4.69) is 4.74 Å². The molecule has 39 heavy (non-hydrogen) atoms. The molecule has 3 fully saturated rings. The molecule has 2 aliphatic carbocycles. The molecule has 0 aromatic rings. The smallest absolute Gasteiger partial charge is 0.432 e. The number of hydrogen-bond donors (Lipinski definition) is 1. The van der Waals surface area contributed by atoms with Gasteiger partial charge in [0.2, 0.25) is 6.29 Å². The van der Waals surface area contributed by atoms with Crippen LogP contribution in [0.5, 0.6) is 0 Å². The Morgan fingerprint density at radius 3 is 2.15 bits per heavy atom. The molecule has 8 atom stereocenters. The summed E-state index contributed by atoms with van der Waals surface area (Å²) in [6, 6.07) is 0. The van der Waals surface area contributed by atoms with E-state index in [1.165, 1.54) is 7.11 Å². The number of methoxy groups -OCH3 is 1. The summed E-state index contributed by atoms with van der Waals surface area (Å²) in [7, 11) is -5.31. The Bertz CT molecular complexity index is 1110. The van der Waals surface area contributed by atoms with Crippen LogP contribution < -0.4 is 0 Å². The highest BCUT2D eigenvalue weighted by molar-refractivity contribution is 7.86. The molecule has 222 valence electrons. The van der Waals surface area contributed by atoms with Gasteiger partial charge >= 0.3 is 45.4 Å². The maximum atomic E-state index is 13.6. The molecular weight excluding hydrogens is 571 g/mol. The van der Waals surface area contributed by atoms with E-state index in [1.807, 2.05) is 0 Å². The maximum Gasteiger partial charge on any atom is 0.432 e. The molecule has 3 aliphatic rings. The number of carbonyl (C=O) groups is 4. The van der Waals surface area contributed by atoms with Crippen molar-refractivity contribution in [3.63, 3.8) is 0 Å². The van der Waals surface area contributed by atoms with E-state index in [4.69, 9.17) is 23.5 Å². The third kappa shape index (κ3) is 5.96. The summed E-state index contributed by atoms with van der Waals surface area (Å²) in [5.41, 5.74) is 0. The van der Waals surface area contributed by atoms with Crippen molar-refractivity contribution in [2.45, 2.75) is 69.1 Å². The zero-order valence-electron chi connectivity index (χ0n) is 20.6. The van der Waals surface area contributed by atoms with Gasteiger partial charge in [-0.15, -0.1) is 0 Å². The molecule has 0 amide bonds. The molecule has 18 heteroatoms. The van der Waals surface area contributed by atoms with Crippen LogP contribution in [-0.2, 0) is 53.0 Å². The second kappa shape index (κ2) is 10.8. The third-order valence-corrected chi connectivity index (χ3v) is 7.73. The molecule has 8 unspecified atom stereocenters. The van der Waals surface area contributed by atoms with Gasteiger partial charge in [-0.3, -0.25) is 23.7 Å². The Hall–Kier alpha value is -2.60. The molecule has 0 radical (unpaired) electrons. The molecule has 2 bridgehead atoms. The van der Waals surface area contributed by atoms with Gasteiger partial charge in [-0.05, 0) is 6.42 Å². The summed E-state index contributed by atoms with van der Waals surface area (Å²) in [5.74, 6) is -8.09. The molecule has 0 aromatic carbocycles. The van der Waals surface area contributed by atoms with Gasteiger partial charge < -0.3 is 23.7 Å². The highest BCUT2D eigenvalue weighted by Crippen LogP contribution is 2.59. The Labute approximate surface area is 218 Å². The third-order valence-electron chi connectivity index (χ3n) is 6.82. The first kappa shape index (κ1) is 30.9. The topological polar surface area (TPSA) is 169 Å². The first-order chi connectivity index (χ1) is 17.8. The Balaban J connectivity index is 1.64. The van der Waals surface area contributed by atoms with E-state index < -0.39 is 107 Å². The van der Waals surface area contributed by atoms with Gasteiger partial charge in [-0.1, -0.05) is 13.8 Å². The van der Waals surface area contributed by atoms with E-state index >= 15 is 0 Å². The van der Waals surface area contributed by atoms with Gasteiger partial charge in [0, 0.05) is 24.9 Å². The number of ether oxygens (including phenoxy) is 5. The van der Waals surface area contributed by atoms with Crippen LogP contribution in [0.1, 0.15) is 33.1 Å². The van der Waals surface area contributed by atoms with Crippen LogP contribution >= 0.6 is 0 Å². The minimum Gasteiger partial charge on any atom is -0.458 e. The lowest BCUT2D eigenvalue weighted by atomic mass is 9.78. The predicted octanol–water partition coefficient (Wildman–Crippen LogP) is 1.61. The Morgan fingerprint density at radius 2 is 1.64 bits per heavy atom. The van der Waals surface area contributed by atoms with Crippen LogP contribution in [0.25, 0.3) is 0 Å². The average Bonchev–Trinajstić information content (AvgIpc) is 3.41. The number of fused-ring (bicyclic) bond motifs is 1. The summed E-state index contributed by atoms with van der Waals surface area (Å²) in [4.78, 5) is 49.4. The number of halogens is 5. The van der Waals surface area contributed by atoms with Crippen molar-refractivity contribution >= 4 is 34.0 Å². The largest absolute Gasteiger partial charge is 0.458 e. The summed E-state index contributed by atoms with van der Waals surface area (Å²) < 4.78 is 120. The number of esters is 4. The van der Waals surface area contributed by atoms with Crippen molar-refractivity contribution in [1.82, 2.24) is 0 Å². The highest BCUT2D eigenvalue weighted by atomic mass is 32.2. The standard InChI is InChI=1S/C21H25F5O12S/c1-7(2)18(34-3)38-17(30)13-8-6-9-12(13)16(29)37-15(9)14(8)35-10(27)4-5-11(28)36-19(20(22,23)24)21(25,26)39(31,32)33/h7-9,12-15,18-19H,4-6H2,1-3H3,(H,31,32,33). The molecule has 2 saturated carbocycles. The predicted molar refractivity (Wildman–Crippen MR) is 112 cm³/mol. The van der Waals surface area contributed by atoms with Crippen molar-refractivity contribution in [2.24, 2.45) is 29.6 Å². The highest BCUT2D eigenvalue weighted by Gasteiger charge is 2.70. The van der Waals surface area contributed by atoms with Crippen molar-refractivity contribution in [1.29, 1.82) is 0 Å². The summed E-state index contributed by atoms with van der Waals surface area (Å²) in [6.45, 7) is 3.44. The van der Waals surface area contributed by atoms with Gasteiger partial charge in [0.25, 0.3) is 6.10 Å². The summed E-state index contributed by atoms with van der Waals surface area (Å²) in [5, 5.41) is -5.92. The second-order valence-electron chi connectivity index (χ2n) is 9.70. The van der Waals surface area contributed by atoms with Gasteiger partial charge in [-0.25, -0.2) is 0 Å². The number of carbonyl (C=O) groups excluding carboxylic acids is 4. The molecular formula is C21H25F5O12S. The Kier molecular flexibility index (Phi) is 8.53. The molecule has 1 saturated heterocycles. The average molecular weight is 596 g/mol. The molecule has 0 spiro atoms. The maximum absolute atomic E-state index is 13.6. The van der Waals surface area contributed by atoms with Crippen LogP contribution in [0.3, 0.4) is 0 Å². The minimum atomic E-state index is -6.63. The monoisotopic (exact) mass is 596 g/mol. The zero-order chi connectivity index (χ0) is 29.7. The van der Waals surface area contributed by atoms with Crippen molar-refractivity contribution in [2.75, 3.05) is 7.11 Å². The fourth-order valence-corrected chi connectivity index (χ4v) is 5.64. The van der Waals surface area contributed by atoms with E-state index in [0.717, 1.165) is 0 Å². The molecule has 1 heterocycles. The van der Waals surface area contributed by atoms with Crippen molar-refractivity contribution < 1.29 is 77.8 Å². The normalized spacial score (nSPS) is 29.6. The van der Waals surface area contributed by atoms with Crippen LogP contribution in [0.15, 0.2) is 0 Å². The zero-order valence-corrected chi connectivity index (χ0v) is 21.4. The van der Waals surface area contributed by atoms with E-state index in [1.54, 1.807) is 13.8 Å². The van der Waals surface area contributed by atoms with Gasteiger partial charge in [0.05, 0.1) is 24.7 Å². The van der Waals surface area contributed by atoms with Gasteiger partial charge in [-0.2, -0.15) is 30.4 Å². The van der Waals surface area contributed by atoms with Crippen LogP contribution in [0.2, 0.25) is 0 Å². The first-order valence-electron chi connectivity index (χ1n) is 11.6. The van der Waals surface area contributed by atoms with E-state index in [9.17, 15) is 49.5 Å². The fraction of sp³-hybridized carbons (Fsp3) is 0.810. The van der Waals surface area contributed by atoms with Gasteiger partial charge in [0.1, 0.15) is 12.2 Å². The number of rotatable bonds is 11. The molecule has 12 nitrogen and oxygen atoms in total.